The second-order valence-electron chi connectivity index (χ2n) is 6.56. The van der Waals surface area contributed by atoms with Crippen LogP contribution in [-0.2, 0) is 11.2 Å². The lowest BCUT2D eigenvalue weighted by molar-refractivity contribution is -0.131. The molecular formula is C21H24N2O4S. The number of amides is 2. The summed E-state index contributed by atoms with van der Waals surface area (Å²) in [7, 11) is 3.15. The molecule has 0 bridgehead atoms. The number of rotatable bonds is 5. The van der Waals surface area contributed by atoms with Gasteiger partial charge in [-0.15, -0.1) is 12.6 Å². The Morgan fingerprint density at radius 3 is 2.21 bits per heavy atom. The third-order valence-electron chi connectivity index (χ3n) is 4.86. The van der Waals surface area contributed by atoms with Gasteiger partial charge in [0.1, 0.15) is 0 Å². The molecule has 0 radical (unpaired) electrons. The molecule has 2 aromatic rings. The maximum atomic E-state index is 12.7. The van der Waals surface area contributed by atoms with Gasteiger partial charge in [0.05, 0.1) is 26.2 Å². The van der Waals surface area contributed by atoms with Crippen LogP contribution in [0.3, 0.4) is 0 Å². The average Bonchev–Trinajstić information content (AvgIpc) is 2.73. The third-order valence-corrected chi connectivity index (χ3v) is 5.25. The Kier molecular flexibility index (Phi) is 6.46. The maximum absolute atomic E-state index is 12.7. The molecule has 1 heterocycles. The number of hydrogen-bond donors (Lipinski definition) is 1. The van der Waals surface area contributed by atoms with Gasteiger partial charge in [0.15, 0.2) is 11.5 Å². The molecule has 0 N–H and O–H groups in total. The molecule has 1 fully saturated rings. The normalized spacial score (nSPS) is 14.0. The van der Waals surface area contributed by atoms with Gasteiger partial charge >= 0.3 is 0 Å². The lowest BCUT2D eigenvalue weighted by Crippen LogP contribution is -2.51. The number of piperazine rings is 1. The summed E-state index contributed by atoms with van der Waals surface area (Å²) in [5.74, 6) is 1.23. The van der Waals surface area contributed by atoms with E-state index in [4.69, 9.17) is 9.47 Å². The Morgan fingerprint density at radius 1 is 0.929 bits per heavy atom. The van der Waals surface area contributed by atoms with E-state index in [1.165, 1.54) is 0 Å². The minimum atomic E-state index is -0.0439. The zero-order valence-electron chi connectivity index (χ0n) is 16.1. The molecule has 1 aliphatic rings. The van der Waals surface area contributed by atoms with Gasteiger partial charge in [0.2, 0.25) is 5.91 Å². The second-order valence-corrected chi connectivity index (χ2v) is 7.04. The van der Waals surface area contributed by atoms with Crippen molar-refractivity contribution in [2.24, 2.45) is 0 Å². The fourth-order valence-electron chi connectivity index (χ4n) is 3.26. The van der Waals surface area contributed by atoms with E-state index in [0.29, 0.717) is 48.1 Å². The highest BCUT2D eigenvalue weighted by molar-refractivity contribution is 7.80. The molecule has 6 nitrogen and oxygen atoms in total. The van der Waals surface area contributed by atoms with Crippen LogP contribution >= 0.6 is 12.6 Å². The summed E-state index contributed by atoms with van der Waals surface area (Å²) in [4.78, 5) is 29.6. The van der Waals surface area contributed by atoms with Crippen molar-refractivity contribution >= 4 is 24.4 Å². The van der Waals surface area contributed by atoms with Crippen LogP contribution in [0.5, 0.6) is 11.5 Å². The van der Waals surface area contributed by atoms with E-state index in [0.717, 1.165) is 5.56 Å². The second kappa shape index (κ2) is 9.01. The van der Waals surface area contributed by atoms with Crippen LogP contribution in [0, 0.1) is 0 Å². The lowest BCUT2D eigenvalue weighted by Gasteiger charge is -2.35. The van der Waals surface area contributed by atoms with Gasteiger partial charge < -0.3 is 19.3 Å². The number of thiol groups is 1. The topological polar surface area (TPSA) is 59.1 Å². The number of ether oxygens (including phenoxy) is 2. The van der Waals surface area contributed by atoms with Gasteiger partial charge in [0.25, 0.3) is 5.91 Å². The lowest BCUT2D eigenvalue weighted by atomic mass is 10.1. The largest absolute Gasteiger partial charge is 0.493 e. The van der Waals surface area contributed by atoms with Gasteiger partial charge in [0, 0.05) is 31.1 Å². The number of hydrogen-bond acceptors (Lipinski definition) is 5. The van der Waals surface area contributed by atoms with Crippen molar-refractivity contribution in [2.75, 3.05) is 40.4 Å². The van der Waals surface area contributed by atoms with Crippen LogP contribution in [0.1, 0.15) is 15.9 Å². The highest BCUT2D eigenvalue weighted by Gasteiger charge is 2.25. The Balaban J connectivity index is 1.58. The van der Waals surface area contributed by atoms with E-state index in [-0.39, 0.29) is 18.2 Å². The SMILES string of the molecule is COc1ccc(CC(=O)N2CCN(C(=O)c3ccccc3S)CC2)cc1OC. The van der Waals surface area contributed by atoms with Crippen molar-refractivity contribution in [3.8, 4) is 11.5 Å². The minimum Gasteiger partial charge on any atom is -0.493 e. The third kappa shape index (κ3) is 4.42. The molecule has 148 valence electrons. The summed E-state index contributed by atoms with van der Waals surface area (Å²) in [6, 6.07) is 12.7. The first-order chi connectivity index (χ1) is 13.5. The quantitative estimate of drug-likeness (QED) is 0.784. The van der Waals surface area contributed by atoms with Gasteiger partial charge in [-0.25, -0.2) is 0 Å². The van der Waals surface area contributed by atoms with Crippen LogP contribution < -0.4 is 9.47 Å². The summed E-state index contributed by atoms with van der Waals surface area (Å²) in [6.45, 7) is 2.07. The average molecular weight is 401 g/mol. The predicted octanol–water partition coefficient (Wildman–Crippen LogP) is 2.52. The van der Waals surface area contributed by atoms with Crippen LogP contribution in [0.25, 0.3) is 0 Å². The molecule has 0 atom stereocenters. The van der Waals surface area contributed by atoms with E-state index in [1.807, 2.05) is 24.3 Å². The Morgan fingerprint density at radius 2 is 1.57 bits per heavy atom. The van der Waals surface area contributed by atoms with Crippen LogP contribution in [0.15, 0.2) is 47.4 Å². The summed E-state index contributed by atoms with van der Waals surface area (Å²) < 4.78 is 10.5. The van der Waals surface area contributed by atoms with E-state index in [1.54, 1.807) is 42.2 Å². The first-order valence-electron chi connectivity index (χ1n) is 9.09. The first kappa shape index (κ1) is 20.1. The van der Waals surface area contributed by atoms with Crippen molar-refractivity contribution in [3.05, 3.63) is 53.6 Å². The molecule has 3 rings (SSSR count). The van der Waals surface area contributed by atoms with Crippen LogP contribution in [-0.4, -0.2) is 62.0 Å². The molecule has 1 aliphatic heterocycles. The zero-order chi connectivity index (χ0) is 20.1. The Labute approximate surface area is 170 Å². The summed E-state index contributed by atoms with van der Waals surface area (Å²) in [5, 5.41) is 0. The van der Waals surface area contributed by atoms with Crippen molar-refractivity contribution in [2.45, 2.75) is 11.3 Å². The predicted molar refractivity (Wildman–Crippen MR) is 109 cm³/mol. The van der Waals surface area contributed by atoms with Crippen molar-refractivity contribution in [1.82, 2.24) is 9.80 Å². The number of carbonyl (C=O) groups is 2. The summed E-state index contributed by atoms with van der Waals surface area (Å²) in [5.41, 5.74) is 1.46. The molecule has 7 heteroatoms. The molecular weight excluding hydrogens is 376 g/mol. The maximum Gasteiger partial charge on any atom is 0.255 e. The molecule has 0 aromatic heterocycles. The smallest absolute Gasteiger partial charge is 0.255 e. The van der Waals surface area contributed by atoms with E-state index < -0.39 is 0 Å². The molecule has 0 spiro atoms. The summed E-state index contributed by atoms with van der Waals surface area (Å²) in [6.07, 6.45) is 0.285. The minimum absolute atomic E-state index is 0.0360. The van der Waals surface area contributed by atoms with Gasteiger partial charge in [-0.05, 0) is 29.8 Å². The van der Waals surface area contributed by atoms with Crippen molar-refractivity contribution < 1.29 is 19.1 Å². The van der Waals surface area contributed by atoms with Crippen LogP contribution in [0.4, 0.5) is 0 Å². The summed E-state index contributed by atoms with van der Waals surface area (Å²) >= 11 is 4.36. The molecule has 2 aromatic carbocycles. The first-order valence-corrected chi connectivity index (χ1v) is 9.54. The van der Waals surface area contributed by atoms with Crippen molar-refractivity contribution in [1.29, 1.82) is 0 Å². The molecule has 28 heavy (non-hydrogen) atoms. The number of benzene rings is 2. The van der Waals surface area contributed by atoms with Crippen molar-refractivity contribution in [3.63, 3.8) is 0 Å². The van der Waals surface area contributed by atoms with Gasteiger partial charge in [-0.3, -0.25) is 9.59 Å². The molecule has 0 saturated carbocycles. The fraction of sp³-hybridized carbons (Fsp3) is 0.333. The number of nitrogens with zero attached hydrogens (tertiary/aromatic N) is 2. The van der Waals surface area contributed by atoms with Gasteiger partial charge in [-0.2, -0.15) is 0 Å². The molecule has 1 saturated heterocycles. The van der Waals surface area contributed by atoms with E-state index in [2.05, 4.69) is 12.6 Å². The van der Waals surface area contributed by atoms with Gasteiger partial charge in [-0.1, -0.05) is 18.2 Å². The Hall–Kier alpha value is -2.67. The molecule has 2 amide bonds. The highest BCUT2D eigenvalue weighted by atomic mass is 32.1. The Bertz CT molecular complexity index is 863. The highest BCUT2D eigenvalue weighted by Crippen LogP contribution is 2.28. The molecule has 0 unspecified atom stereocenters. The van der Waals surface area contributed by atoms with E-state index >= 15 is 0 Å². The van der Waals surface area contributed by atoms with E-state index in [9.17, 15) is 9.59 Å². The standard InChI is InChI=1S/C21H24N2O4S/c1-26-17-8-7-15(13-18(17)27-2)14-20(24)22-9-11-23(12-10-22)21(25)16-5-3-4-6-19(16)28/h3-8,13,28H,9-12,14H2,1-2H3. The zero-order valence-corrected chi connectivity index (χ0v) is 16.9. The fourth-order valence-corrected chi connectivity index (χ4v) is 3.52. The number of carbonyl (C=O) groups excluding carboxylic acids is 2. The number of methoxy groups -OCH3 is 2. The molecule has 0 aliphatic carbocycles. The van der Waals surface area contributed by atoms with Crippen LogP contribution in [0.2, 0.25) is 0 Å². The monoisotopic (exact) mass is 400 g/mol.